The number of hydrogen-bond donors (Lipinski definition) is 2. The third-order valence-corrected chi connectivity index (χ3v) is 5.15. The maximum absolute atomic E-state index is 12.8. The molecule has 0 bridgehead atoms. The van der Waals surface area contributed by atoms with Crippen molar-refractivity contribution >= 4 is 17.5 Å². The van der Waals surface area contributed by atoms with Crippen LogP contribution in [0.5, 0.6) is 5.75 Å². The zero-order chi connectivity index (χ0) is 17.9. The van der Waals surface area contributed by atoms with Gasteiger partial charge in [0, 0.05) is 44.5 Å². The zero-order valence-corrected chi connectivity index (χ0v) is 14.5. The summed E-state index contributed by atoms with van der Waals surface area (Å²) in [5.74, 6) is 0.623. The van der Waals surface area contributed by atoms with Gasteiger partial charge in [-0.2, -0.15) is 0 Å². The van der Waals surface area contributed by atoms with E-state index in [1.54, 1.807) is 12.0 Å². The quantitative estimate of drug-likeness (QED) is 0.817. The SMILES string of the molecule is COc1cccc(N2CC(NC(=O)C3(CN)CCOCC3)CC2=O)c1. The Kier molecular flexibility index (Phi) is 5.24. The van der Waals surface area contributed by atoms with E-state index in [4.69, 9.17) is 15.2 Å². The molecule has 0 radical (unpaired) electrons. The Morgan fingerprint density at radius 1 is 1.44 bits per heavy atom. The van der Waals surface area contributed by atoms with Gasteiger partial charge < -0.3 is 25.4 Å². The first kappa shape index (κ1) is 17.7. The van der Waals surface area contributed by atoms with Crippen LogP contribution in [-0.2, 0) is 14.3 Å². The Hall–Kier alpha value is -2.12. The van der Waals surface area contributed by atoms with Crippen molar-refractivity contribution < 1.29 is 19.1 Å². The summed E-state index contributed by atoms with van der Waals surface area (Å²) in [7, 11) is 1.59. The minimum absolute atomic E-state index is 0.00710. The first-order valence-electron chi connectivity index (χ1n) is 8.61. The van der Waals surface area contributed by atoms with Gasteiger partial charge in [-0.15, -0.1) is 0 Å². The van der Waals surface area contributed by atoms with Crippen molar-refractivity contribution in [1.29, 1.82) is 0 Å². The Morgan fingerprint density at radius 2 is 2.20 bits per heavy atom. The van der Waals surface area contributed by atoms with Crippen LogP contribution in [0.25, 0.3) is 0 Å². The van der Waals surface area contributed by atoms with E-state index in [0.717, 1.165) is 5.69 Å². The summed E-state index contributed by atoms with van der Waals surface area (Å²) in [6.07, 6.45) is 1.53. The van der Waals surface area contributed by atoms with E-state index in [1.165, 1.54) is 0 Å². The predicted molar refractivity (Wildman–Crippen MR) is 93.4 cm³/mol. The number of benzene rings is 1. The lowest BCUT2D eigenvalue weighted by Crippen LogP contribution is -2.52. The van der Waals surface area contributed by atoms with Crippen molar-refractivity contribution in [3.8, 4) is 5.75 Å². The molecular formula is C18H25N3O4. The van der Waals surface area contributed by atoms with Crippen LogP contribution in [0, 0.1) is 5.41 Å². The Bertz CT molecular complexity index is 643. The van der Waals surface area contributed by atoms with Gasteiger partial charge in [0.05, 0.1) is 18.6 Å². The van der Waals surface area contributed by atoms with Gasteiger partial charge in [0.15, 0.2) is 0 Å². The molecule has 7 nitrogen and oxygen atoms in total. The fourth-order valence-corrected chi connectivity index (χ4v) is 3.46. The third-order valence-electron chi connectivity index (χ3n) is 5.15. The third kappa shape index (κ3) is 3.62. The Morgan fingerprint density at radius 3 is 2.88 bits per heavy atom. The molecule has 2 saturated heterocycles. The topological polar surface area (TPSA) is 93.9 Å². The molecule has 2 aliphatic heterocycles. The molecule has 0 saturated carbocycles. The van der Waals surface area contributed by atoms with Crippen LogP contribution in [0.1, 0.15) is 19.3 Å². The maximum Gasteiger partial charge on any atom is 0.229 e. The van der Waals surface area contributed by atoms with Crippen molar-refractivity contribution in [3.63, 3.8) is 0 Å². The lowest BCUT2D eigenvalue weighted by molar-refractivity contribution is -0.136. The number of rotatable bonds is 5. The van der Waals surface area contributed by atoms with Crippen LogP contribution in [0.3, 0.4) is 0 Å². The molecule has 3 rings (SSSR count). The maximum atomic E-state index is 12.8. The second kappa shape index (κ2) is 7.41. The smallest absolute Gasteiger partial charge is 0.229 e. The average Bonchev–Trinajstić information content (AvgIpc) is 3.02. The predicted octanol–water partition coefficient (Wildman–Crippen LogP) is 0.672. The highest BCUT2D eigenvalue weighted by Crippen LogP contribution is 2.31. The van der Waals surface area contributed by atoms with Crippen LogP contribution in [0.2, 0.25) is 0 Å². The minimum Gasteiger partial charge on any atom is -0.497 e. The fourth-order valence-electron chi connectivity index (χ4n) is 3.46. The summed E-state index contributed by atoms with van der Waals surface area (Å²) in [6.45, 7) is 1.84. The van der Waals surface area contributed by atoms with Crippen LogP contribution in [-0.4, -0.2) is 51.3 Å². The Labute approximate surface area is 147 Å². The molecule has 7 heteroatoms. The molecule has 1 aromatic carbocycles. The lowest BCUT2D eigenvalue weighted by Gasteiger charge is -2.35. The molecule has 3 N–H and O–H groups in total. The van der Waals surface area contributed by atoms with E-state index < -0.39 is 5.41 Å². The van der Waals surface area contributed by atoms with Gasteiger partial charge in [-0.25, -0.2) is 0 Å². The molecule has 136 valence electrons. The molecule has 2 heterocycles. The first-order chi connectivity index (χ1) is 12.1. The summed E-state index contributed by atoms with van der Waals surface area (Å²) in [6, 6.07) is 7.16. The van der Waals surface area contributed by atoms with E-state index in [-0.39, 0.29) is 17.9 Å². The van der Waals surface area contributed by atoms with Crippen molar-refractivity contribution in [3.05, 3.63) is 24.3 Å². The lowest BCUT2D eigenvalue weighted by atomic mass is 9.79. The zero-order valence-electron chi connectivity index (χ0n) is 14.5. The number of nitrogens with two attached hydrogens (primary N) is 1. The highest BCUT2D eigenvalue weighted by molar-refractivity contribution is 5.97. The van der Waals surface area contributed by atoms with Gasteiger partial charge in [-0.05, 0) is 25.0 Å². The van der Waals surface area contributed by atoms with Crippen LogP contribution >= 0.6 is 0 Å². The molecule has 2 fully saturated rings. The minimum atomic E-state index is -0.579. The van der Waals surface area contributed by atoms with Gasteiger partial charge in [0.1, 0.15) is 5.75 Å². The molecule has 1 unspecified atom stereocenters. The molecule has 2 amide bonds. The normalized spacial score (nSPS) is 22.7. The molecule has 25 heavy (non-hydrogen) atoms. The highest BCUT2D eigenvalue weighted by atomic mass is 16.5. The van der Waals surface area contributed by atoms with Gasteiger partial charge in [0.25, 0.3) is 0 Å². The summed E-state index contributed by atoms with van der Waals surface area (Å²) in [5, 5.41) is 3.03. The number of carbonyl (C=O) groups is 2. The summed E-state index contributed by atoms with van der Waals surface area (Å²) in [4.78, 5) is 26.8. The van der Waals surface area contributed by atoms with Gasteiger partial charge in [-0.1, -0.05) is 6.07 Å². The number of carbonyl (C=O) groups excluding carboxylic acids is 2. The molecule has 1 atom stereocenters. The van der Waals surface area contributed by atoms with Gasteiger partial charge in [0.2, 0.25) is 11.8 Å². The number of nitrogens with zero attached hydrogens (tertiary/aromatic N) is 1. The summed E-state index contributed by atoms with van der Waals surface area (Å²) in [5.41, 5.74) is 6.08. The molecule has 0 aliphatic carbocycles. The van der Waals surface area contributed by atoms with Gasteiger partial charge in [-0.3, -0.25) is 9.59 Å². The fraction of sp³-hybridized carbons (Fsp3) is 0.556. The molecule has 1 aromatic rings. The molecule has 2 aliphatic rings. The van der Waals surface area contributed by atoms with Crippen molar-refractivity contribution in [2.45, 2.75) is 25.3 Å². The average molecular weight is 347 g/mol. The largest absolute Gasteiger partial charge is 0.497 e. The van der Waals surface area contributed by atoms with Gasteiger partial charge >= 0.3 is 0 Å². The number of hydrogen-bond acceptors (Lipinski definition) is 5. The molecule has 0 aromatic heterocycles. The Balaban J connectivity index is 1.67. The van der Waals surface area contributed by atoms with Crippen molar-refractivity contribution in [1.82, 2.24) is 5.32 Å². The first-order valence-corrected chi connectivity index (χ1v) is 8.61. The van der Waals surface area contributed by atoms with Crippen molar-refractivity contribution in [2.24, 2.45) is 11.1 Å². The van der Waals surface area contributed by atoms with Crippen LogP contribution in [0.15, 0.2) is 24.3 Å². The van der Waals surface area contributed by atoms with E-state index in [0.29, 0.717) is 51.3 Å². The van der Waals surface area contributed by atoms with E-state index in [1.807, 2.05) is 24.3 Å². The van der Waals surface area contributed by atoms with E-state index in [2.05, 4.69) is 5.32 Å². The number of nitrogens with one attached hydrogen (secondary N) is 1. The second-order valence-corrected chi connectivity index (χ2v) is 6.68. The standard InChI is InChI=1S/C18H25N3O4/c1-24-15-4-2-3-14(10-15)21-11-13(9-16(21)22)20-17(23)18(12-19)5-7-25-8-6-18/h2-4,10,13H,5-9,11-12,19H2,1H3,(H,20,23). The van der Waals surface area contributed by atoms with Crippen LogP contribution in [0.4, 0.5) is 5.69 Å². The second-order valence-electron chi connectivity index (χ2n) is 6.68. The molecular weight excluding hydrogens is 322 g/mol. The molecule has 0 spiro atoms. The van der Waals surface area contributed by atoms with E-state index >= 15 is 0 Å². The van der Waals surface area contributed by atoms with Crippen LogP contribution < -0.4 is 20.7 Å². The summed E-state index contributed by atoms with van der Waals surface area (Å²) < 4.78 is 10.6. The number of anilines is 1. The number of methoxy groups -OCH3 is 1. The van der Waals surface area contributed by atoms with E-state index in [9.17, 15) is 9.59 Å². The number of ether oxygens (including phenoxy) is 2. The number of amides is 2. The monoisotopic (exact) mass is 347 g/mol. The highest BCUT2D eigenvalue weighted by Gasteiger charge is 2.41. The van der Waals surface area contributed by atoms with Crippen molar-refractivity contribution in [2.75, 3.05) is 38.3 Å². The summed E-state index contributed by atoms with van der Waals surface area (Å²) >= 11 is 0.